The van der Waals surface area contributed by atoms with Crippen molar-refractivity contribution in [1.29, 1.82) is 0 Å². The van der Waals surface area contributed by atoms with E-state index in [0.717, 1.165) is 22.6 Å². The molecule has 2 aromatic rings. The Morgan fingerprint density at radius 2 is 1.05 bits per heavy atom. The van der Waals surface area contributed by atoms with Gasteiger partial charge in [-0.1, -0.05) is 24.3 Å². The van der Waals surface area contributed by atoms with Crippen LogP contribution in [-0.4, -0.2) is 18.6 Å². The lowest BCUT2D eigenvalue weighted by atomic mass is 10.0. The fraction of sp³-hybridized carbons (Fsp3) is 0.294. The molecule has 4 heteroatoms. The Bertz CT molecular complexity index is 565. The van der Waals surface area contributed by atoms with Gasteiger partial charge in [0.05, 0.1) is 14.2 Å². The molecule has 2 unspecified atom stereocenters. The number of hydrogen-bond acceptors (Lipinski definition) is 2. The summed E-state index contributed by atoms with van der Waals surface area (Å²) in [7, 11) is 3.30. The molecule has 2 nitrogen and oxygen atoms in total. The fourth-order valence-electron chi connectivity index (χ4n) is 2.78. The molecular weight excluding hydrogens is 307 g/mol. The quantitative estimate of drug-likeness (QED) is 0.755. The van der Waals surface area contributed by atoms with E-state index < -0.39 is 4.33 Å². The van der Waals surface area contributed by atoms with Crippen LogP contribution in [0.5, 0.6) is 11.5 Å². The summed E-state index contributed by atoms with van der Waals surface area (Å²) in [4.78, 5) is 0. The van der Waals surface area contributed by atoms with Crippen molar-refractivity contribution in [3.63, 3.8) is 0 Å². The van der Waals surface area contributed by atoms with Gasteiger partial charge in [-0.2, -0.15) is 0 Å². The lowest BCUT2D eigenvalue weighted by molar-refractivity contribution is 0.414. The summed E-state index contributed by atoms with van der Waals surface area (Å²) in [5.74, 6) is 1.85. The van der Waals surface area contributed by atoms with Crippen LogP contribution in [0.25, 0.3) is 0 Å². The molecule has 2 atom stereocenters. The molecule has 0 aliphatic heterocycles. The Balaban J connectivity index is 1.85. The minimum absolute atomic E-state index is 0.0973. The summed E-state index contributed by atoms with van der Waals surface area (Å²) < 4.78 is 9.60. The van der Waals surface area contributed by atoms with E-state index in [1.54, 1.807) is 14.2 Å². The van der Waals surface area contributed by atoms with E-state index in [4.69, 9.17) is 32.7 Å². The van der Waals surface area contributed by atoms with Crippen molar-refractivity contribution >= 4 is 23.2 Å². The second-order valence-electron chi connectivity index (χ2n) is 5.18. The monoisotopic (exact) mass is 322 g/mol. The predicted octanol–water partition coefficient (Wildman–Crippen LogP) is 4.76. The van der Waals surface area contributed by atoms with Gasteiger partial charge in [0.15, 0.2) is 0 Å². The molecule has 1 aliphatic carbocycles. The summed E-state index contributed by atoms with van der Waals surface area (Å²) in [6.45, 7) is 0. The van der Waals surface area contributed by atoms with Gasteiger partial charge in [0.2, 0.25) is 0 Å². The van der Waals surface area contributed by atoms with Crippen molar-refractivity contribution in [1.82, 2.24) is 0 Å². The van der Waals surface area contributed by atoms with E-state index in [0.29, 0.717) is 0 Å². The molecule has 0 N–H and O–H groups in total. The molecule has 1 fully saturated rings. The highest BCUT2D eigenvalue weighted by atomic mass is 35.5. The summed E-state index contributed by atoms with van der Waals surface area (Å²) in [5.41, 5.74) is 2.25. The van der Waals surface area contributed by atoms with Crippen LogP contribution in [0.2, 0.25) is 0 Å². The van der Waals surface area contributed by atoms with E-state index in [2.05, 4.69) is 0 Å². The predicted molar refractivity (Wildman–Crippen MR) is 85.9 cm³/mol. The second kappa shape index (κ2) is 5.43. The molecular formula is C17H16Cl2O2. The Morgan fingerprint density at radius 1 is 0.714 bits per heavy atom. The average Bonchev–Trinajstić information content (AvgIpc) is 3.10. The highest BCUT2D eigenvalue weighted by Gasteiger charge is 2.64. The van der Waals surface area contributed by atoms with Gasteiger partial charge in [0.1, 0.15) is 15.8 Å². The van der Waals surface area contributed by atoms with Crippen molar-refractivity contribution in [2.45, 2.75) is 16.2 Å². The van der Waals surface area contributed by atoms with Crippen molar-refractivity contribution in [2.24, 2.45) is 0 Å². The number of hydrogen-bond donors (Lipinski definition) is 0. The number of methoxy groups -OCH3 is 2. The second-order valence-corrected chi connectivity index (χ2v) is 6.62. The number of rotatable bonds is 4. The maximum absolute atomic E-state index is 6.49. The molecule has 0 heterocycles. The maximum atomic E-state index is 6.49. The highest BCUT2D eigenvalue weighted by Crippen LogP contribution is 2.70. The van der Waals surface area contributed by atoms with Crippen LogP contribution in [0, 0.1) is 0 Å². The molecule has 3 rings (SSSR count). The van der Waals surface area contributed by atoms with Crippen LogP contribution in [-0.2, 0) is 0 Å². The maximum Gasteiger partial charge on any atom is 0.133 e. The van der Waals surface area contributed by atoms with Gasteiger partial charge in [0, 0.05) is 11.8 Å². The molecule has 0 amide bonds. The Morgan fingerprint density at radius 3 is 1.33 bits per heavy atom. The average molecular weight is 323 g/mol. The molecule has 110 valence electrons. The smallest absolute Gasteiger partial charge is 0.133 e. The third kappa shape index (κ3) is 2.58. The zero-order valence-electron chi connectivity index (χ0n) is 11.8. The SMILES string of the molecule is COc1ccc(C2C(c3ccc(OC)cc3)C2(Cl)Cl)cc1. The summed E-state index contributed by atoms with van der Waals surface area (Å²) >= 11 is 13.0. The standard InChI is InChI=1S/C17H16Cl2O2/c1-20-13-7-3-11(4-8-13)15-16(17(15,18)19)12-5-9-14(21-2)10-6-12/h3-10,15-16H,1-2H3. The molecule has 0 bridgehead atoms. The first-order valence-electron chi connectivity index (χ1n) is 6.73. The van der Waals surface area contributed by atoms with Crippen molar-refractivity contribution < 1.29 is 9.47 Å². The number of benzene rings is 2. The van der Waals surface area contributed by atoms with Crippen LogP contribution >= 0.6 is 23.2 Å². The zero-order valence-corrected chi connectivity index (χ0v) is 13.4. The van der Waals surface area contributed by atoms with Crippen molar-refractivity contribution in [3.05, 3.63) is 59.7 Å². The van der Waals surface area contributed by atoms with Gasteiger partial charge in [0.25, 0.3) is 0 Å². The first kappa shape index (κ1) is 14.6. The number of ether oxygens (including phenoxy) is 2. The lowest BCUT2D eigenvalue weighted by Gasteiger charge is -2.04. The summed E-state index contributed by atoms with van der Waals surface area (Å²) in [6.07, 6.45) is 0. The van der Waals surface area contributed by atoms with E-state index >= 15 is 0 Å². The van der Waals surface area contributed by atoms with Crippen LogP contribution < -0.4 is 9.47 Å². The molecule has 2 aromatic carbocycles. The lowest BCUT2D eigenvalue weighted by Crippen LogP contribution is -1.91. The molecule has 0 spiro atoms. The molecule has 0 saturated heterocycles. The third-order valence-corrected chi connectivity index (χ3v) is 4.94. The normalized spacial score (nSPS) is 22.7. The van der Waals surface area contributed by atoms with E-state index in [1.807, 2.05) is 48.5 Å². The van der Waals surface area contributed by atoms with Gasteiger partial charge < -0.3 is 9.47 Å². The molecule has 0 aromatic heterocycles. The van der Waals surface area contributed by atoms with Gasteiger partial charge in [-0.15, -0.1) is 23.2 Å². The Kier molecular flexibility index (Phi) is 3.76. The fourth-order valence-corrected chi connectivity index (χ4v) is 3.66. The van der Waals surface area contributed by atoms with Gasteiger partial charge in [-0.05, 0) is 35.4 Å². The molecule has 21 heavy (non-hydrogen) atoms. The van der Waals surface area contributed by atoms with E-state index in [-0.39, 0.29) is 11.8 Å². The largest absolute Gasteiger partial charge is 0.497 e. The first-order chi connectivity index (χ1) is 10.1. The van der Waals surface area contributed by atoms with Crippen molar-refractivity contribution in [2.75, 3.05) is 14.2 Å². The summed E-state index contributed by atoms with van der Waals surface area (Å²) in [5, 5.41) is 0. The zero-order chi connectivity index (χ0) is 15.0. The first-order valence-corrected chi connectivity index (χ1v) is 7.49. The highest BCUT2D eigenvalue weighted by molar-refractivity contribution is 6.52. The van der Waals surface area contributed by atoms with E-state index in [9.17, 15) is 0 Å². The molecule has 1 saturated carbocycles. The van der Waals surface area contributed by atoms with Gasteiger partial charge in [-0.25, -0.2) is 0 Å². The van der Waals surface area contributed by atoms with Crippen LogP contribution in [0.15, 0.2) is 48.5 Å². The Labute approximate surface area is 134 Å². The van der Waals surface area contributed by atoms with Crippen LogP contribution in [0.4, 0.5) is 0 Å². The van der Waals surface area contributed by atoms with E-state index in [1.165, 1.54) is 0 Å². The van der Waals surface area contributed by atoms with Gasteiger partial charge >= 0.3 is 0 Å². The topological polar surface area (TPSA) is 18.5 Å². The Hall–Kier alpha value is -1.38. The third-order valence-electron chi connectivity index (χ3n) is 4.00. The summed E-state index contributed by atoms with van der Waals surface area (Å²) in [6, 6.07) is 15.8. The minimum atomic E-state index is -0.761. The minimum Gasteiger partial charge on any atom is -0.497 e. The van der Waals surface area contributed by atoms with Gasteiger partial charge in [-0.3, -0.25) is 0 Å². The molecule has 1 aliphatic rings. The number of halogens is 2. The van der Waals surface area contributed by atoms with Crippen molar-refractivity contribution in [3.8, 4) is 11.5 Å². The molecule has 0 radical (unpaired) electrons. The van der Waals surface area contributed by atoms with Crippen LogP contribution in [0.1, 0.15) is 23.0 Å². The van der Waals surface area contributed by atoms with Crippen LogP contribution in [0.3, 0.4) is 0 Å². The number of alkyl halides is 2.